The molecule has 0 saturated heterocycles. The Balaban J connectivity index is 1.82. The Hall–Kier alpha value is -1.36. The number of fused-ring (bicyclic) bond motifs is 1. The molecule has 0 aromatic heterocycles. The lowest BCUT2D eigenvalue weighted by molar-refractivity contribution is 0.102. The first-order chi connectivity index (χ1) is 10.1. The van der Waals surface area contributed by atoms with Crippen LogP contribution in [-0.2, 0) is 13.0 Å². The average molecular weight is 366 g/mol. The minimum Gasteiger partial charge on any atom is -0.321 e. The van der Waals surface area contributed by atoms with Gasteiger partial charge in [-0.2, -0.15) is 0 Å². The first-order valence-electron chi connectivity index (χ1n) is 6.72. The van der Waals surface area contributed by atoms with Gasteiger partial charge in [0.05, 0.1) is 5.69 Å². The van der Waals surface area contributed by atoms with Crippen LogP contribution in [0.5, 0.6) is 0 Å². The van der Waals surface area contributed by atoms with E-state index in [2.05, 4.69) is 26.6 Å². The summed E-state index contributed by atoms with van der Waals surface area (Å²) in [5, 5.41) is 6.84. The quantitative estimate of drug-likeness (QED) is 0.844. The fourth-order valence-electron chi connectivity index (χ4n) is 2.41. The highest BCUT2D eigenvalue weighted by molar-refractivity contribution is 9.10. The first kappa shape index (κ1) is 14.6. The molecule has 0 bridgehead atoms. The molecule has 2 aromatic carbocycles. The van der Waals surface area contributed by atoms with Crippen LogP contribution in [0.15, 0.2) is 40.9 Å². The van der Waals surface area contributed by atoms with E-state index in [0.717, 1.165) is 24.0 Å². The number of rotatable bonds is 2. The van der Waals surface area contributed by atoms with Crippen molar-refractivity contribution in [2.24, 2.45) is 0 Å². The summed E-state index contributed by atoms with van der Waals surface area (Å²) >= 11 is 9.30. The molecule has 3 rings (SSSR count). The summed E-state index contributed by atoms with van der Waals surface area (Å²) in [5.74, 6) is -0.119. The van der Waals surface area contributed by atoms with Gasteiger partial charge in [0.1, 0.15) is 0 Å². The van der Waals surface area contributed by atoms with Gasteiger partial charge in [-0.1, -0.05) is 17.7 Å². The standard InChI is InChI=1S/C16H14BrClN2O/c17-14-8-13(18)3-4-15(14)20-16(21)11-2-1-10-5-6-19-9-12(10)7-11/h1-4,7-8,19H,5-6,9H2,(H,20,21). The number of carbonyl (C=O) groups excluding carboxylic acids is 1. The number of benzene rings is 2. The monoisotopic (exact) mass is 364 g/mol. The van der Waals surface area contributed by atoms with Crippen molar-refractivity contribution in [3.8, 4) is 0 Å². The van der Waals surface area contributed by atoms with Crippen LogP contribution in [0, 0.1) is 0 Å². The summed E-state index contributed by atoms with van der Waals surface area (Å²) in [6.45, 7) is 1.82. The normalized spacial score (nSPS) is 13.6. The molecule has 1 aliphatic rings. The molecule has 5 heteroatoms. The Morgan fingerprint density at radius 2 is 2.05 bits per heavy atom. The zero-order valence-corrected chi connectivity index (χ0v) is 13.6. The van der Waals surface area contributed by atoms with Crippen LogP contribution in [0.4, 0.5) is 5.69 Å². The van der Waals surface area contributed by atoms with Crippen molar-refractivity contribution >= 4 is 39.1 Å². The van der Waals surface area contributed by atoms with Crippen LogP contribution in [0.25, 0.3) is 0 Å². The van der Waals surface area contributed by atoms with E-state index in [-0.39, 0.29) is 5.91 Å². The van der Waals surface area contributed by atoms with Crippen LogP contribution >= 0.6 is 27.5 Å². The van der Waals surface area contributed by atoms with Crippen molar-refractivity contribution < 1.29 is 4.79 Å². The fraction of sp³-hybridized carbons (Fsp3) is 0.188. The predicted molar refractivity (Wildman–Crippen MR) is 89.0 cm³/mol. The van der Waals surface area contributed by atoms with Crippen LogP contribution < -0.4 is 10.6 Å². The molecule has 0 aliphatic carbocycles. The lowest BCUT2D eigenvalue weighted by Gasteiger charge is -2.17. The zero-order chi connectivity index (χ0) is 14.8. The molecular formula is C16H14BrClN2O. The Kier molecular flexibility index (Phi) is 4.29. The Labute approximate surface area is 136 Å². The molecule has 0 atom stereocenters. The SMILES string of the molecule is O=C(Nc1ccc(Cl)cc1Br)c1ccc2c(c1)CNCC2. The molecule has 21 heavy (non-hydrogen) atoms. The van der Waals surface area contributed by atoms with Crippen molar-refractivity contribution in [1.29, 1.82) is 0 Å². The number of amides is 1. The van der Waals surface area contributed by atoms with Gasteiger partial charge in [0.25, 0.3) is 5.91 Å². The Bertz CT molecular complexity index is 703. The third kappa shape index (κ3) is 3.28. The molecule has 1 amide bonds. The molecular weight excluding hydrogens is 352 g/mol. The lowest BCUT2D eigenvalue weighted by Crippen LogP contribution is -2.24. The number of hydrogen-bond acceptors (Lipinski definition) is 2. The molecule has 0 spiro atoms. The van der Waals surface area contributed by atoms with Gasteiger partial charge >= 0.3 is 0 Å². The highest BCUT2D eigenvalue weighted by Crippen LogP contribution is 2.26. The Morgan fingerprint density at radius 3 is 2.86 bits per heavy atom. The van der Waals surface area contributed by atoms with Gasteiger partial charge in [-0.05, 0) is 70.4 Å². The van der Waals surface area contributed by atoms with Gasteiger partial charge in [0, 0.05) is 21.6 Å². The smallest absolute Gasteiger partial charge is 0.255 e. The maximum absolute atomic E-state index is 12.4. The van der Waals surface area contributed by atoms with Crippen LogP contribution in [0.3, 0.4) is 0 Å². The molecule has 3 nitrogen and oxygen atoms in total. The number of halogens is 2. The third-order valence-corrected chi connectivity index (χ3v) is 4.43. The second-order valence-corrected chi connectivity index (χ2v) is 6.28. The van der Waals surface area contributed by atoms with Crippen molar-refractivity contribution in [2.75, 3.05) is 11.9 Å². The second-order valence-electron chi connectivity index (χ2n) is 4.99. The molecule has 1 heterocycles. The van der Waals surface area contributed by atoms with E-state index >= 15 is 0 Å². The molecule has 0 unspecified atom stereocenters. The zero-order valence-electron chi connectivity index (χ0n) is 11.2. The van der Waals surface area contributed by atoms with E-state index in [1.165, 1.54) is 11.1 Å². The molecule has 0 fully saturated rings. The van der Waals surface area contributed by atoms with E-state index in [1.54, 1.807) is 18.2 Å². The van der Waals surface area contributed by atoms with Gasteiger partial charge in [-0.3, -0.25) is 4.79 Å². The van der Waals surface area contributed by atoms with Crippen LogP contribution in [-0.4, -0.2) is 12.5 Å². The highest BCUT2D eigenvalue weighted by atomic mass is 79.9. The lowest BCUT2D eigenvalue weighted by atomic mass is 9.98. The summed E-state index contributed by atoms with van der Waals surface area (Å²) in [6.07, 6.45) is 1.01. The average Bonchev–Trinajstić information content (AvgIpc) is 2.49. The van der Waals surface area contributed by atoms with E-state index in [0.29, 0.717) is 16.3 Å². The molecule has 0 saturated carbocycles. The van der Waals surface area contributed by atoms with E-state index in [4.69, 9.17) is 11.6 Å². The Morgan fingerprint density at radius 1 is 1.19 bits per heavy atom. The summed E-state index contributed by atoms with van der Waals surface area (Å²) in [4.78, 5) is 12.4. The maximum atomic E-state index is 12.4. The summed E-state index contributed by atoms with van der Waals surface area (Å²) in [6, 6.07) is 11.2. The molecule has 1 aliphatic heterocycles. The van der Waals surface area contributed by atoms with Crippen LogP contribution in [0.2, 0.25) is 5.02 Å². The molecule has 0 radical (unpaired) electrons. The van der Waals surface area contributed by atoms with Gasteiger partial charge in [0.15, 0.2) is 0 Å². The topological polar surface area (TPSA) is 41.1 Å². The highest BCUT2D eigenvalue weighted by Gasteiger charge is 2.13. The van der Waals surface area contributed by atoms with Crippen molar-refractivity contribution in [3.05, 3.63) is 62.6 Å². The number of anilines is 1. The predicted octanol–water partition coefficient (Wildman–Crippen LogP) is 4.00. The van der Waals surface area contributed by atoms with E-state index in [9.17, 15) is 4.79 Å². The first-order valence-corrected chi connectivity index (χ1v) is 7.89. The molecule has 108 valence electrons. The van der Waals surface area contributed by atoms with Crippen molar-refractivity contribution in [3.63, 3.8) is 0 Å². The van der Waals surface area contributed by atoms with Crippen molar-refractivity contribution in [2.45, 2.75) is 13.0 Å². The van der Waals surface area contributed by atoms with Gasteiger partial charge in [-0.15, -0.1) is 0 Å². The minimum atomic E-state index is -0.119. The van der Waals surface area contributed by atoms with E-state index in [1.807, 2.05) is 18.2 Å². The number of carbonyl (C=O) groups is 1. The molecule has 2 N–H and O–H groups in total. The van der Waals surface area contributed by atoms with Crippen LogP contribution in [0.1, 0.15) is 21.5 Å². The number of hydrogen-bond donors (Lipinski definition) is 2. The van der Waals surface area contributed by atoms with Gasteiger partial charge in [-0.25, -0.2) is 0 Å². The largest absolute Gasteiger partial charge is 0.321 e. The fourth-order valence-corrected chi connectivity index (χ4v) is 3.19. The molecule has 2 aromatic rings. The van der Waals surface area contributed by atoms with Crippen molar-refractivity contribution in [1.82, 2.24) is 5.32 Å². The second kappa shape index (κ2) is 6.18. The van der Waals surface area contributed by atoms with E-state index < -0.39 is 0 Å². The minimum absolute atomic E-state index is 0.119. The van der Waals surface area contributed by atoms with Gasteiger partial charge < -0.3 is 10.6 Å². The van der Waals surface area contributed by atoms with Gasteiger partial charge in [0.2, 0.25) is 0 Å². The third-order valence-electron chi connectivity index (χ3n) is 3.53. The number of nitrogens with one attached hydrogen (secondary N) is 2. The summed E-state index contributed by atoms with van der Waals surface area (Å²) in [5.41, 5.74) is 3.89. The maximum Gasteiger partial charge on any atom is 0.255 e. The summed E-state index contributed by atoms with van der Waals surface area (Å²) in [7, 11) is 0. The summed E-state index contributed by atoms with van der Waals surface area (Å²) < 4.78 is 0.767.